The Morgan fingerprint density at radius 3 is 2.23 bits per heavy atom. The average molecular weight is 650 g/mol. The lowest BCUT2D eigenvalue weighted by molar-refractivity contribution is -0.130. The van der Waals surface area contributed by atoms with Crippen molar-refractivity contribution in [3.63, 3.8) is 0 Å². The summed E-state index contributed by atoms with van der Waals surface area (Å²) in [6.07, 6.45) is 1.81. The van der Waals surface area contributed by atoms with Crippen LogP contribution in [-0.4, -0.2) is 51.8 Å². The van der Waals surface area contributed by atoms with Crippen molar-refractivity contribution in [2.45, 2.75) is 69.2 Å². The van der Waals surface area contributed by atoms with Gasteiger partial charge in [-0.05, 0) is 42.2 Å². The smallest absolute Gasteiger partial charge is 0.270 e. The molecule has 0 radical (unpaired) electrons. The van der Waals surface area contributed by atoms with Gasteiger partial charge in [0.1, 0.15) is 17.5 Å². The van der Waals surface area contributed by atoms with E-state index in [2.05, 4.69) is 15.6 Å². The zero-order valence-corrected chi connectivity index (χ0v) is 26.9. The van der Waals surface area contributed by atoms with Gasteiger partial charge in [0.25, 0.3) is 11.8 Å². The predicted octanol–water partition coefficient (Wildman–Crippen LogP) is 3.90. The maximum Gasteiger partial charge on any atom is 0.270 e. The molecule has 1 aliphatic heterocycles. The molecule has 4 amide bonds. The van der Waals surface area contributed by atoms with E-state index in [9.17, 15) is 24.0 Å². The highest BCUT2D eigenvalue weighted by Gasteiger charge is 2.77. The summed E-state index contributed by atoms with van der Waals surface area (Å²) < 4.78 is 6.08. The maximum atomic E-state index is 14.3. The van der Waals surface area contributed by atoms with E-state index in [1.54, 1.807) is 30.3 Å². The number of nitrogens with zero attached hydrogens (tertiary/aromatic N) is 1. The lowest BCUT2D eigenvalue weighted by atomic mass is 9.77. The van der Waals surface area contributed by atoms with E-state index >= 15 is 0 Å². The number of unbranched alkanes of at least 4 members (excludes halogenated alkanes) is 2. The third-order valence-electron chi connectivity index (χ3n) is 8.78. The number of hydrogen-bond acceptors (Lipinski definition) is 7. The molecule has 4 aromatic rings. The molecule has 11 nitrogen and oxygen atoms in total. The third-order valence-corrected chi connectivity index (χ3v) is 8.78. The lowest BCUT2D eigenvalue weighted by Gasteiger charge is -2.30. The van der Waals surface area contributed by atoms with E-state index in [0.717, 1.165) is 23.8 Å². The Morgan fingerprint density at radius 2 is 1.54 bits per heavy atom. The Morgan fingerprint density at radius 1 is 0.854 bits per heavy atom. The zero-order valence-electron chi connectivity index (χ0n) is 26.9. The summed E-state index contributed by atoms with van der Waals surface area (Å²) in [5.41, 5.74) is 10.2. The van der Waals surface area contributed by atoms with E-state index < -0.39 is 53.3 Å². The lowest BCUT2D eigenvalue weighted by Crippen LogP contribution is -2.58. The van der Waals surface area contributed by atoms with Crippen molar-refractivity contribution in [1.82, 2.24) is 15.6 Å². The Labute approximate surface area is 278 Å². The van der Waals surface area contributed by atoms with Crippen LogP contribution in [0.1, 0.15) is 67.9 Å². The molecule has 0 aliphatic carbocycles. The van der Waals surface area contributed by atoms with E-state index in [-0.39, 0.29) is 17.9 Å². The molecule has 6 N–H and O–H groups in total. The van der Waals surface area contributed by atoms with Crippen LogP contribution in [0, 0.1) is 0 Å². The molecule has 3 aromatic carbocycles. The fourth-order valence-corrected chi connectivity index (χ4v) is 6.13. The second-order valence-corrected chi connectivity index (χ2v) is 12.1. The fraction of sp³-hybridized carbons (Fsp3) is 0.297. The number of primary amides is 2. The molecular weight excluding hydrogens is 610 g/mol. The number of amides is 4. The van der Waals surface area contributed by atoms with Crippen molar-refractivity contribution in [3.05, 3.63) is 102 Å². The van der Waals surface area contributed by atoms with Crippen molar-refractivity contribution in [2.24, 2.45) is 11.5 Å². The minimum absolute atomic E-state index is 0.0103. The predicted molar refractivity (Wildman–Crippen MR) is 180 cm³/mol. The van der Waals surface area contributed by atoms with Gasteiger partial charge in [-0.15, -0.1) is 0 Å². The number of nitrogens with two attached hydrogens (primary N) is 2. The van der Waals surface area contributed by atoms with Gasteiger partial charge in [-0.25, -0.2) is 4.98 Å². The van der Waals surface area contributed by atoms with Crippen LogP contribution in [0.25, 0.3) is 22.0 Å². The monoisotopic (exact) mass is 649 g/mol. The Kier molecular flexibility index (Phi) is 10.00. The van der Waals surface area contributed by atoms with Gasteiger partial charge in [-0.1, -0.05) is 98.6 Å². The number of ketones is 1. The number of rotatable bonds is 15. The summed E-state index contributed by atoms with van der Waals surface area (Å²) in [5.74, 6) is -4.84. The van der Waals surface area contributed by atoms with Crippen LogP contribution in [0.4, 0.5) is 0 Å². The normalized spacial score (nSPS) is 19.5. The number of aromatic nitrogens is 1. The van der Waals surface area contributed by atoms with Gasteiger partial charge in [0.2, 0.25) is 11.8 Å². The summed E-state index contributed by atoms with van der Waals surface area (Å²) in [4.78, 5) is 71.2. The SMILES string of the molecule is CCCCCC(=O)C(c1ccccc1-c1ccccc1)[C@]1(NC(=O)[C@H](CC(N)=O)NC(=O)c2ccc3ccccc3n2)O[C@]1(C)C(N)=O. The molecule has 1 saturated heterocycles. The minimum atomic E-state index is -1.94. The van der Waals surface area contributed by atoms with Crippen LogP contribution in [0.3, 0.4) is 0 Å². The van der Waals surface area contributed by atoms with Crippen LogP contribution in [-0.2, 0) is 23.9 Å². The number of nitrogens with one attached hydrogen (secondary N) is 2. The Hall–Kier alpha value is -5.42. The number of pyridine rings is 1. The number of Topliss-reactive ketones (excluding diaryl/α,β-unsaturated/α-hetero) is 1. The highest BCUT2D eigenvalue weighted by Crippen LogP contribution is 2.56. The maximum absolute atomic E-state index is 14.3. The Balaban J connectivity index is 1.54. The van der Waals surface area contributed by atoms with Gasteiger partial charge in [0.15, 0.2) is 11.3 Å². The topological polar surface area (TPSA) is 187 Å². The van der Waals surface area contributed by atoms with Gasteiger partial charge in [-0.3, -0.25) is 24.0 Å². The van der Waals surface area contributed by atoms with Crippen molar-refractivity contribution >= 4 is 40.3 Å². The van der Waals surface area contributed by atoms with Crippen molar-refractivity contribution < 1.29 is 28.7 Å². The van der Waals surface area contributed by atoms with Gasteiger partial charge in [0, 0.05) is 11.8 Å². The first kappa shape index (κ1) is 33.9. The van der Waals surface area contributed by atoms with E-state index in [1.165, 1.54) is 13.0 Å². The van der Waals surface area contributed by atoms with Gasteiger partial charge >= 0.3 is 0 Å². The fourth-order valence-electron chi connectivity index (χ4n) is 6.13. The number of carbonyl (C=O) groups is 5. The number of para-hydroxylation sites is 1. The summed E-state index contributed by atoms with van der Waals surface area (Å²) in [6, 6.07) is 25.5. The number of benzene rings is 3. The van der Waals surface area contributed by atoms with Crippen molar-refractivity contribution in [1.29, 1.82) is 0 Å². The van der Waals surface area contributed by atoms with Gasteiger partial charge in [-0.2, -0.15) is 0 Å². The molecule has 2 heterocycles. The number of ether oxygens (including phenoxy) is 1. The minimum Gasteiger partial charge on any atom is -0.370 e. The molecule has 5 rings (SSSR count). The highest BCUT2D eigenvalue weighted by atomic mass is 16.7. The standard InChI is InChI=1S/C37H39N5O6/c1-3-4-6-19-30(43)32(26-17-11-10-16-25(26)23-13-7-5-8-14-23)37(36(2,48-37)35(39)47)42-34(46)29(22-31(38)44)41-33(45)28-21-20-24-15-9-12-18-27(24)40-28/h5,7-18,20-21,29,32H,3-4,6,19,22H2,1-2H3,(H2,38,44)(H2,39,47)(H,41,45)(H,42,46)/t29-,32?,36+,37-/m0/s1. The summed E-state index contributed by atoms with van der Waals surface area (Å²) in [6.45, 7) is 3.43. The van der Waals surface area contributed by atoms with Crippen LogP contribution in [0.5, 0.6) is 0 Å². The average Bonchev–Trinajstić information content (AvgIpc) is 3.69. The molecule has 48 heavy (non-hydrogen) atoms. The van der Waals surface area contributed by atoms with Gasteiger partial charge < -0.3 is 26.8 Å². The quantitative estimate of drug-likeness (QED) is 0.111. The number of fused-ring (bicyclic) bond motifs is 1. The van der Waals surface area contributed by atoms with Crippen LogP contribution in [0.15, 0.2) is 91.0 Å². The second-order valence-electron chi connectivity index (χ2n) is 12.1. The molecular formula is C37H39N5O6. The van der Waals surface area contributed by atoms with Crippen LogP contribution >= 0.6 is 0 Å². The van der Waals surface area contributed by atoms with Crippen LogP contribution in [0.2, 0.25) is 0 Å². The van der Waals surface area contributed by atoms with E-state index in [1.807, 2.05) is 61.5 Å². The molecule has 11 heteroatoms. The van der Waals surface area contributed by atoms with E-state index in [0.29, 0.717) is 23.1 Å². The summed E-state index contributed by atoms with van der Waals surface area (Å²) in [5, 5.41) is 6.12. The summed E-state index contributed by atoms with van der Waals surface area (Å²) in [7, 11) is 0. The molecule has 0 saturated carbocycles. The van der Waals surface area contributed by atoms with E-state index in [4.69, 9.17) is 16.2 Å². The summed E-state index contributed by atoms with van der Waals surface area (Å²) >= 11 is 0. The molecule has 248 valence electrons. The molecule has 1 fully saturated rings. The highest BCUT2D eigenvalue weighted by molar-refractivity contribution is 6.01. The number of hydrogen-bond donors (Lipinski definition) is 4. The Bertz CT molecular complexity index is 1860. The van der Waals surface area contributed by atoms with Crippen LogP contribution < -0.4 is 22.1 Å². The van der Waals surface area contributed by atoms with Gasteiger partial charge in [0.05, 0.1) is 17.9 Å². The molecule has 1 aromatic heterocycles. The molecule has 0 spiro atoms. The largest absolute Gasteiger partial charge is 0.370 e. The van der Waals surface area contributed by atoms with Crippen molar-refractivity contribution in [3.8, 4) is 11.1 Å². The second kappa shape index (κ2) is 14.1. The zero-order chi connectivity index (χ0) is 34.5. The molecule has 1 aliphatic rings. The van der Waals surface area contributed by atoms with Crippen molar-refractivity contribution in [2.75, 3.05) is 0 Å². The molecule has 0 bridgehead atoms. The first-order valence-corrected chi connectivity index (χ1v) is 15.9. The molecule has 4 atom stereocenters. The number of epoxide rings is 1. The first-order chi connectivity index (χ1) is 23.0. The third kappa shape index (κ3) is 6.82. The first-order valence-electron chi connectivity index (χ1n) is 15.9. The number of carbonyl (C=O) groups excluding carboxylic acids is 5. The molecule has 1 unspecified atom stereocenters.